The van der Waals surface area contributed by atoms with E-state index >= 15 is 0 Å². The molecule has 0 saturated heterocycles. The lowest BCUT2D eigenvalue weighted by Gasteiger charge is -2.19. The van der Waals surface area contributed by atoms with Crippen molar-refractivity contribution in [1.29, 1.82) is 0 Å². The van der Waals surface area contributed by atoms with E-state index in [1.54, 1.807) is 11.3 Å². The molecule has 2 unspecified atom stereocenters. The van der Waals surface area contributed by atoms with Crippen molar-refractivity contribution in [3.8, 4) is 0 Å². The lowest BCUT2D eigenvalue weighted by atomic mass is 10.1. The van der Waals surface area contributed by atoms with E-state index in [9.17, 15) is 4.79 Å². The van der Waals surface area contributed by atoms with Crippen molar-refractivity contribution >= 4 is 17.2 Å². The molecule has 0 aliphatic carbocycles. The molecule has 0 aliphatic heterocycles. The van der Waals surface area contributed by atoms with E-state index in [-0.39, 0.29) is 11.9 Å². The summed E-state index contributed by atoms with van der Waals surface area (Å²) < 4.78 is 0. The van der Waals surface area contributed by atoms with Gasteiger partial charge in [-0.1, -0.05) is 43.3 Å². The summed E-state index contributed by atoms with van der Waals surface area (Å²) in [6.07, 6.45) is 0.855. The summed E-state index contributed by atoms with van der Waals surface area (Å²) in [6.45, 7) is 2.05. The van der Waals surface area contributed by atoms with Crippen molar-refractivity contribution in [3.05, 3.63) is 58.3 Å². The highest BCUT2D eigenvalue weighted by atomic mass is 32.1. The highest BCUT2D eigenvalue weighted by Gasteiger charge is 2.19. The molecule has 4 heteroatoms. The maximum absolute atomic E-state index is 12.2. The fraction of sp³-hybridized carbons (Fsp3) is 0.267. The smallest absolute Gasteiger partial charge is 0.242 e. The predicted octanol–water partition coefficient (Wildman–Crippen LogP) is 3.02. The van der Waals surface area contributed by atoms with Gasteiger partial charge in [0, 0.05) is 4.88 Å². The topological polar surface area (TPSA) is 55.1 Å². The Morgan fingerprint density at radius 1 is 1.26 bits per heavy atom. The Balaban J connectivity index is 2.04. The molecule has 0 saturated carbocycles. The Kier molecular flexibility index (Phi) is 4.71. The van der Waals surface area contributed by atoms with E-state index in [1.165, 1.54) is 0 Å². The minimum Gasteiger partial charge on any atom is -0.347 e. The standard InChI is InChI=1S/C15H18N2OS/c1-2-12(13-9-6-10-19-13)17-15(18)14(16)11-7-4-3-5-8-11/h3-10,12,14H,2,16H2,1H3,(H,17,18). The van der Waals surface area contributed by atoms with Gasteiger partial charge in [-0.3, -0.25) is 4.79 Å². The number of amides is 1. The summed E-state index contributed by atoms with van der Waals surface area (Å²) in [6, 6.07) is 12.9. The number of hydrogen-bond acceptors (Lipinski definition) is 3. The molecule has 2 atom stereocenters. The predicted molar refractivity (Wildman–Crippen MR) is 78.9 cm³/mol. The van der Waals surface area contributed by atoms with Crippen LogP contribution < -0.4 is 11.1 Å². The van der Waals surface area contributed by atoms with E-state index in [0.717, 1.165) is 16.9 Å². The molecule has 1 aromatic heterocycles. The molecule has 0 radical (unpaired) electrons. The van der Waals surface area contributed by atoms with Gasteiger partial charge in [0.25, 0.3) is 0 Å². The first-order chi connectivity index (χ1) is 9.22. The number of hydrogen-bond donors (Lipinski definition) is 2. The van der Waals surface area contributed by atoms with Gasteiger partial charge in [0.1, 0.15) is 6.04 Å². The minimum atomic E-state index is -0.616. The van der Waals surface area contributed by atoms with Gasteiger partial charge in [0.15, 0.2) is 0 Å². The molecular weight excluding hydrogens is 256 g/mol. The number of carbonyl (C=O) groups excluding carboxylic acids is 1. The van der Waals surface area contributed by atoms with Crippen molar-refractivity contribution in [1.82, 2.24) is 5.32 Å². The molecule has 0 bridgehead atoms. The van der Waals surface area contributed by atoms with Gasteiger partial charge in [-0.05, 0) is 23.4 Å². The van der Waals surface area contributed by atoms with Gasteiger partial charge < -0.3 is 11.1 Å². The van der Waals surface area contributed by atoms with Crippen LogP contribution in [0.3, 0.4) is 0 Å². The zero-order valence-corrected chi connectivity index (χ0v) is 11.7. The number of nitrogens with two attached hydrogens (primary N) is 1. The number of rotatable bonds is 5. The van der Waals surface area contributed by atoms with Crippen LogP contribution in [-0.2, 0) is 4.79 Å². The number of benzene rings is 1. The average molecular weight is 274 g/mol. The number of nitrogens with one attached hydrogen (secondary N) is 1. The van der Waals surface area contributed by atoms with Gasteiger partial charge >= 0.3 is 0 Å². The molecule has 1 amide bonds. The molecule has 3 N–H and O–H groups in total. The van der Waals surface area contributed by atoms with E-state index in [4.69, 9.17) is 5.73 Å². The molecule has 19 heavy (non-hydrogen) atoms. The fourth-order valence-corrected chi connectivity index (χ4v) is 2.80. The fourth-order valence-electron chi connectivity index (χ4n) is 1.94. The summed E-state index contributed by atoms with van der Waals surface area (Å²) in [5.74, 6) is -0.133. The SMILES string of the molecule is CCC(NC(=O)C(N)c1ccccc1)c1cccs1. The van der Waals surface area contributed by atoms with E-state index < -0.39 is 6.04 Å². The van der Waals surface area contributed by atoms with Gasteiger partial charge in [-0.2, -0.15) is 0 Å². The summed E-state index contributed by atoms with van der Waals surface area (Å²) in [7, 11) is 0. The molecule has 0 aliphatic rings. The molecule has 100 valence electrons. The van der Waals surface area contributed by atoms with Gasteiger partial charge in [-0.25, -0.2) is 0 Å². The maximum atomic E-state index is 12.2. The second-order valence-electron chi connectivity index (χ2n) is 4.37. The first-order valence-electron chi connectivity index (χ1n) is 6.36. The molecule has 1 heterocycles. The lowest BCUT2D eigenvalue weighted by molar-refractivity contribution is -0.123. The van der Waals surface area contributed by atoms with E-state index in [2.05, 4.69) is 12.2 Å². The first-order valence-corrected chi connectivity index (χ1v) is 7.24. The quantitative estimate of drug-likeness (QED) is 0.880. The van der Waals surface area contributed by atoms with Crippen LogP contribution in [0.2, 0.25) is 0 Å². The van der Waals surface area contributed by atoms with E-state index in [0.29, 0.717) is 0 Å². The summed E-state index contributed by atoms with van der Waals surface area (Å²) in [4.78, 5) is 13.3. The average Bonchev–Trinajstić information content (AvgIpc) is 2.98. The summed E-state index contributed by atoms with van der Waals surface area (Å²) in [5.41, 5.74) is 6.82. The zero-order valence-electron chi connectivity index (χ0n) is 10.9. The van der Waals surface area contributed by atoms with Gasteiger partial charge in [-0.15, -0.1) is 11.3 Å². The highest BCUT2D eigenvalue weighted by Crippen LogP contribution is 2.22. The van der Waals surface area contributed by atoms with Crippen LogP contribution in [0, 0.1) is 0 Å². The molecule has 0 fully saturated rings. The molecule has 3 nitrogen and oxygen atoms in total. The normalized spacial score (nSPS) is 13.8. The first kappa shape index (κ1) is 13.8. The second-order valence-corrected chi connectivity index (χ2v) is 5.35. The van der Waals surface area contributed by atoms with Crippen molar-refractivity contribution in [2.24, 2.45) is 5.73 Å². The van der Waals surface area contributed by atoms with Crippen molar-refractivity contribution in [2.75, 3.05) is 0 Å². The highest BCUT2D eigenvalue weighted by molar-refractivity contribution is 7.10. The Morgan fingerprint density at radius 2 is 2.00 bits per heavy atom. The summed E-state index contributed by atoms with van der Waals surface area (Å²) >= 11 is 1.65. The number of thiophene rings is 1. The molecular formula is C15H18N2OS. The van der Waals surface area contributed by atoms with Crippen molar-refractivity contribution < 1.29 is 4.79 Å². The monoisotopic (exact) mass is 274 g/mol. The van der Waals surface area contributed by atoms with Gasteiger partial charge in [0.2, 0.25) is 5.91 Å². The Labute approximate surface area is 117 Å². The lowest BCUT2D eigenvalue weighted by Crippen LogP contribution is -2.36. The Bertz CT molecular complexity index is 510. The Hall–Kier alpha value is -1.65. The molecule has 0 spiro atoms. The largest absolute Gasteiger partial charge is 0.347 e. The van der Waals surface area contributed by atoms with Crippen molar-refractivity contribution in [3.63, 3.8) is 0 Å². The van der Waals surface area contributed by atoms with Crippen LogP contribution in [0.5, 0.6) is 0 Å². The maximum Gasteiger partial charge on any atom is 0.242 e. The van der Waals surface area contributed by atoms with Crippen molar-refractivity contribution in [2.45, 2.75) is 25.4 Å². The van der Waals surface area contributed by atoms with Gasteiger partial charge in [0.05, 0.1) is 6.04 Å². The van der Waals surface area contributed by atoms with Crippen LogP contribution in [0.4, 0.5) is 0 Å². The number of carbonyl (C=O) groups is 1. The molecule has 1 aromatic carbocycles. The molecule has 2 aromatic rings. The van der Waals surface area contributed by atoms with Crippen LogP contribution in [0.15, 0.2) is 47.8 Å². The van der Waals surface area contributed by atoms with Crippen LogP contribution >= 0.6 is 11.3 Å². The summed E-state index contributed by atoms with van der Waals surface area (Å²) in [5, 5.41) is 5.03. The third-order valence-corrected chi connectivity index (χ3v) is 4.04. The van der Waals surface area contributed by atoms with E-state index in [1.807, 2.05) is 47.8 Å². The minimum absolute atomic E-state index is 0.0438. The molecule has 2 rings (SSSR count). The Morgan fingerprint density at radius 3 is 2.58 bits per heavy atom. The zero-order chi connectivity index (χ0) is 13.7. The second kappa shape index (κ2) is 6.50. The van der Waals surface area contributed by atoms with Crippen LogP contribution in [0.25, 0.3) is 0 Å². The third kappa shape index (κ3) is 3.43. The third-order valence-electron chi connectivity index (χ3n) is 3.05. The van der Waals surface area contributed by atoms with Crippen LogP contribution in [0.1, 0.15) is 35.9 Å². The van der Waals surface area contributed by atoms with Crippen LogP contribution in [-0.4, -0.2) is 5.91 Å².